The molecular weight excluding hydrogens is 281 g/mol. The molecule has 22 heavy (non-hydrogen) atoms. The lowest BCUT2D eigenvalue weighted by atomic mass is 9.86. The minimum Gasteiger partial charge on any atom is -0.467 e. The van der Waals surface area contributed by atoms with E-state index in [2.05, 4.69) is 24.8 Å². The lowest BCUT2D eigenvalue weighted by Gasteiger charge is -2.46. The van der Waals surface area contributed by atoms with E-state index in [4.69, 9.17) is 4.74 Å². The molecule has 0 saturated carbocycles. The number of benzene rings is 1. The number of nitrogens with zero attached hydrogens (tertiary/aromatic N) is 1. The Hall–Kier alpha value is -1.84. The van der Waals surface area contributed by atoms with Crippen molar-refractivity contribution in [1.82, 2.24) is 0 Å². The minimum absolute atomic E-state index is 0.252. The molecule has 1 atom stereocenters. The summed E-state index contributed by atoms with van der Waals surface area (Å²) >= 11 is 0. The zero-order valence-electron chi connectivity index (χ0n) is 13.9. The van der Waals surface area contributed by atoms with Crippen molar-refractivity contribution in [3.63, 3.8) is 0 Å². The normalized spacial score (nSPS) is 17.5. The first-order chi connectivity index (χ1) is 10.3. The van der Waals surface area contributed by atoms with Crippen molar-refractivity contribution in [2.24, 2.45) is 0 Å². The van der Waals surface area contributed by atoms with E-state index in [1.54, 1.807) is 6.07 Å². The highest BCUT2D eigenvalue weighted by molar-refractivity contribution is 5.87. The Kier molecular flexibility index (Phi) is 4.59. The molecule has 0 radical (unpaired) electrons. The van der Waals surface area contributed by atoms with Gasteiger partial charge < -0.3 is 9.64 Å². The van der Waals surface area contributed by atoms with E-state index in [-0.39, 0.29) is 23.4 Å². The Morgan fingerprint density at radius 3 is 2.68 bits per heavy atom. The summed E-state index contributed by atoms with van der Waals surface area (Å²) in [5.41, 5.74) is 2.40. The van der Waals surface area contributed by atoms with Gasteiger partial charge in [0, 0.05) is 11.3 Å². The molecule has 0 N–H and O–H groups in total. The van der Waals surface area contributed by atoms with Crippen LogP contribution in [0.2, 0.25) is 0 Å². The second-order valence-electron chi connectivity index (χ2n) is 6.34. The molecule has 4 heteroatoms. The molecule has 1 heterocycles. The summed E-state index contributed by atoms with van der Waals surface area (Å²) in [6.07, 6.45) is 3.64. The highest BCUT2D eigenvalue weighted by atomic mass is 19.1. The van der Waals surface area contributed by atoms with Crippen LogP contribution >= 0.6 is 0 Å². The zero-order valence-corrected chi connectivity index (χ0v) is 13.9. The molecule has 0 spiro atoms. The van der Waals surface area contributed by atoms with E-state index in [9.17, 15) is 9.18 Å². The number of hydrogen-bond acceptors (Lipinski definition) is 3. The van der Waals surface area contributed by atoms with Crippen LogP contribution in [0.5, 0.6) is 0 Å². The maximum absolute atomic E-state index is 13.6. The lowest BCUT2D eigenvalue weighted by molar-refractivity contribution is -0.142. The Morgan fingerprint density at radius 2 is 2.09 bits per heavy atom. The summed E-state index contributed by atoms with van der Waals surface area (Å²) in [6.45, 7) is 8.15. The Labute approximate surface area is 131 Å². The SMILES string of the molecule is CCC[C@H](C(=O)OC)N1c2ccc(F)cc2C(C)=CC1(C)C. The van der Waals surface area contributed by atoms with Crippen LogP contribution in [0.25, 0.3) is 5.57 Å². The smallest absolute Gasteiger partial charge is 0.328 e. The average Bonchev–Trinajstić information content (AvgIpc) is 2.45. The van der Waals surface area contributed by atoms with Crippen LogP contribution in [0.3, 0.4) is 0 Å². The Balaban J connectivity index is 2.60. The monoisotopic (exact) mass is 305 g/mol. The molecule has 1 aromatic rings. The summed E-state index contributed by atoms with van der Waals surface area (Å²) in [4.78, 5) is 14.3. The molecule has 0 amide bonds. The van der Waals surface area contributed by atoms with E-state index in [0.29, 0.717) is 6.42 Å². The second kappa shape index (κ2) is 6.11. The van der Waals surface area contributed by atoms with Crippen LogP contribution in [-0.4, -0.2) is 24.7 Å². The molecule has 0 fully saturated rings. The first-order valence-corrected chi connectivity index (χ1v) is 7.68. The third-order valence-electron chi connectivity index (χ3n) is 4.18. The Bertz CT molecular complexity index is 607. The quantitative estimate of drug-likeness (QED) is 0.782. The number of halogens is 1. The lowest BCUT2D eigenvalue weighted by Crippen LogP contribution is -2.54. The van der Waals surface area contributed by atoms with Crippen LogP contribution in [0, 0.1) is 5.82 Å². The van der Waals surface area contributed by atoms with Gasteiger partial charge in [0.2, 0.25) is 0 Å². The highest BCUT2D eigenvalue weighted by Crippen LogP contribution is 2.41. The van der Waals surface area contributed by atoms with Crippen LogP contribution in [-0.2, 0) is 9.53 Å². The van der Waals surface area contributed by atoms with Crippen LogP contribution in [0.4, 0.5) is 10.1 Å². The summed E-state index contributed by atoms with van der Waals surface area (Å²) < 4.78 is 18.6. The summed E-state index contributed by atoms with van der Waals surface area (Å²) in [5.74, 6) is -0.519. The van der Waals surface area contributed by atoms with Gasteiger partial charge in [-0.1, -0.05) is 19.4 Å². The molecule has 1 aliphatic heterocycles. The van der Waals surface area contributed by atoms with Crippen molar-refractivity contribution in [3.8, 4) is 0 Å². The third-order valence-corrected chi connectivity index (χ3v) is 4.18. The predicted molar refractivity (Wildman–Crippen MR) is 87.3 cm³/mol. The number of hydrogen-bond donors (Lipinski definition) is 0. The highest BCUT2D eigenvalue weighted by Gasteiger charge is 2.39. The van der Waals surface area contributed by atoms with Crippen LogP contribution in [0.1, 0.15) is 46.1 Å². The number of carbonyl (C=O) groups is 1. The number of allylic oxidation sites excluding steroid dienone is 1. The van der Waals surface area contributed by atoms with Crippen molar-refractivity contribution in [1.29, 1.82) is 0 Å². The van der Waals surface area contributed by atoms with E-state index in [1.807, 2.05) is 13.8 Å². The molecule has 0 aliphatic carbocycles. The van der Waals surface area contributed by atoms with Gasteiger partial charge in [0.05, 0.1) is 12.6 Å². The molecule has 1 aromatic carbocycles. The van der Waals surface area contributed by atoms with Crippen molar-refractivity contribution in [3.05, 3.63) is 35.7 Å². The summed E-state index contributed by atoms with van der Waals surface area (Å²) in [7, 11) is 1.41. The van der Waals surface area contributed by atoms with E-state index >= 15 is 0 Å². The van der Waals surface area contributed by atoms with Crippen LogP contribution in [0.15, 0.2) is 24.3 Å². The van der Waals surface area contributed by atoms with Crippen LogP contribution < -0.4 is 4.90 Å². The molecule has 3 nitrogen and oxygen atoms in total. The summed E-state index contributed by atoms with van der Waals surface area (Å²) in [5, 5.41) is 0. The topological polar surface area (TPSA) is 29.5 Å². The van der Waals surface area contributed by atoms with Crippen molar-refractivity contribution < 1.29 is 13.9 Å². The average molecular weight is 305 g/mol. The maximum atomic E-state index is 13.6. The molecule has 1 aliphatic rings. The molecule has 0 saturated heterocycles. The second-order valence-corrected chi connectivity index (χ2v) is 6.34. The minimum atomic E-state index is -0.376. The van der Waals surface area contributed by atoms with Crippen molar-refractivity contribution in [2.45, 2.75) is 52.1 Å². The first-order valence-electron chi connectivity index (χ1n) is 7.68. The number of methoxy groups -OCH3 is 1. The van der Waals surface area contributed by atoms with Gasteiger partial charge in [-0.25, -0.2) is 9.18 Å². The van der Waals surface area contributed by atoms with Gasteiger partial charge in [0.1, 0.15) is 11.9 Å². The number of rotatable bonds is 4. The van der Waals surface area contributed by atoms with Gasteiger partial charge in [0.15, 0.2) is 0 Å². The number of fused-ring (bicyclic) bond motifs is 1. The number of carbonyl (C=O) groups excluding carboxylic acids is 1. The fourth-order valence-electron chi connectivity index (χ4n) is 3.35. The van der Waals surface area contributed by atoms with E-state index in [0.717, 1.165) is 23.2 Å². The number of anilines is 1. The van der Waals surface area contributed by atoms with Gasteiger partial charge in [-0.2, -0.15) is 0 Å². The van der Waals surface area contributed by atoms with E-state index < -0.39 is 0 Å². The molecule has 0 aromatic heterocycles. The maximum Gasteiger partial charge on any atom is 0.328 e. The standard InChI is InChI=1S/C18H24FNO2/c1-6-7-16(17(21)22-5)20-15-9-8-13(19)10-14(15)12(2)11-18(20,3)4/h8-11,16H,6-7H2,1-5H3/t16-/m1/s1. The van der Waals surface area contributed by atoms with Gasteiger partial charge in [0.25, 0.3) is 0 Å². The van der Waals surface area contributed by atoms with Gasteiger partial charge in [-0.05, 0) is 51.0 Å². The van der Waals surface area contributed by atoms with E-state index in [1.165, 1.54) is 19.2 Å². The first kappa shape index (κ1) is 16.5. The zero-order chi connectivity index (χ0) is 16.5. The number of ether oxygens (including phenoxy) is 1. The third kappa shape index (κ3) is 2.87. The molecule has 0 unspecified atom stereocenters. The number of esters is 1. The van der Waals surface area contributed by atoms with Gasteiger partial charge >= 0.3 is 5.97 Å². The summed E-state index contributed by atoms with van der Waals surface area (Å²) in [6, 6.07) is 4.36. The van der Waals surface area contributed by atoms with Crippen molar-refractivity contribution in [2.75, 3.05) is 12.0 Å². The molecule has 2 rings (SSSR count). The fourth-order valence-corrected chi connectivity index (χ4v) is 3.35. The fraction of sp³-hybridized carbons (Fsp3) is 0.500. The van der Waals surface area contributed by atoms with Gasteiger partial charge in [-0.15, -0.1) is 0 Å². The molecular formula is C18H24FNO2. The molecule has 120 valence electrons. The van der Waals surface area contributed by atoms with Crippen molar-refractivity contribution >= 4 is 17.2 Å². The predicted octanol–water partition coefficient (Wildman–Crippen LogP) is 4.17. The molecule has 0 bridgehead atoms. The van der Waals surface area contributed by atoms with Gasteiger partial charge in [-0.3, -0.25) is 0 Å². The largest absolute Gasteiger partial charge is 0.467 e. The Morgan fingerprint density at radius 1 is 1.41 bits per heavy atom.